The van der Waals surface area contributed by atoms with E-state index < -0.39 is 5.82 Å². The minimum atomic E-state index is -0.474. The molecule has 2 aliphatic heterocycles. The topological polar surface area (TPSA) is 59.1 Å². The van der Waals surface area contributed by atoms with Crippen molar-refractivity contribution < 1.29 is 23.5 Å². The van der Waals surface area contributed by atoms with Gasteiger partial charge in [-0.2, -0.15) is 0 Å². The number of amides is 2. The lowest BCUT2D eigenvalue weighted by Gasteiger charge is -2.27. The van der Waals surface area contributed by atoms with Crippen LogP contribution in [-0.2, 0) is 4.74 Å². The molecule has 2 fully saturated rings. The summed E-state index contributed by atoms with van der Waals surface area (Å²) in [5, 5.41) is 0.108. The van der Waals surface area contributed by atoms with E-state index in [1.165, 1.54) is 12.1 Å². The van der Waals surface area contributed by atoms with E-state index in [0.717, 1.165) is 18.9 Å². The van der Waals surface area contributed by atoms with Crippen molar-refractivity contribution in [2.45, 2.75) is 18.9 Å². The van der Waals surface area contributed by atoms with Gasteiger partial charge in [-0.25, -0.2) is 4.39 Å². The van der Waals surface area contributed by atoms with Gasteiger partial charge in [0.1, 0.15) is 18.2 Å². The van der Waals surface area contributed by atoms with Gasteiger partial charge in [-0.3, -0.25) is 9.59 Å². The Morgan fingerprint density at radius 2 is 1.81 bits per heavy atom. The first-order valence-electron chi connectivity index (χ1n) is 10.4. The van der Waals surface area contributed by atoms with Gasteiger partial charge in [0.2, 0.25) is 0 Å². The monoisotopic (exact) mass is 446 g/mol. The number of ether oxygens (including phenoxy) is 2. The van der Waals surface area contributed by atoms with E-state index in [0.29, 0.717) is 56.3 Å². The van der Waals surface area contributed by atoms with Crippen LogP contribution in [0.25, 0.3) is 0 Å². The van der Waals surface area contributed by atoms with Gasteiger partial charge in [0.05, 0.1) is 29.8 Å². The van der Waals surface area contributed by atoms with Crippen molar-refractivity contribution in [3.63, 3.8) is 0 Å². The third-order valence-corrected chi connectivity index (χ3v) is 5.95. The molecule has 8 heteroatoms. The zero-order valence-electron chi connectivity index (χ0n) is 17.1. The van der Waals surface area contributed by atoms with Gasteiger partial charge in [0.15, 0.2) is 0 Å². The number of carbonyl (C=O) groups excluding carboxylic acids is 2. The molecule has 2 amide bonds. The number of likely N-dealkylation sites (tertiary alicyclic amines) is 1. The molecule has 1 atom stereocenters. The van der Waals surface area contributed by atoms with Gasteiger partial charge in [0, 0.05) is 25.2 Å². The maximum absolute atomic E-state index is 13.3. The fourth-order valence-electron chi connectivity index (χ4n) is 3.93. The van der Waals surface area contributed by atoms with Crippen LogP contribution in [0.15, 0.2) is 42.5 Å². The third kappa shape index (κ3) is 4.99. The highest BCUT2D eigenvalue weighted by molar-refractivity contribution is 6.33. The second-order valence-corrected chi connectivity index (χ2v) is 8.07. The maximum Gasteiger partial charge on any atom is 0.255 e. The molecule has 0 bridgehead atoms. The molecular formula is C23H24ClFN2O4. The second-order valence-electron chi connectivity index (χ2n) is 7.66. The van der Waals surface area contributed by atoms with Crippen LogP contribution in [0.3, 0.4) is 0 Å². The predicted molar refractivity (Wildman–Crippen MR) is 114 cm³/mol. The molecule has 2 heterocycles. The van der Waals surface area contributed by atoms with Gasteiger partial charge >= 0.3 is 0 Å². The average Bonchev–Trinajstić information content (AvgIpc) is 3.26. The van der Waals surface area contributed by atoms with E-state index in [1.54, 1.807) is 34.1 Å². The SMILES string of the molecule is O=C(c1ccc(OC[C@H]2CCCN2C(=O)c2ccc(F)cc2Cl)cc1)N1CCOCC1. The number of carbonyl (C=O) groups is 2. The Balaban J connectivity index is 1.36. The molecule has 2 aromatic carbocycles. The number of benzene rings is 2. The summed E-state index contributed by atoms with van der Waals surface area (Å²) in [5.41, 5.74) is 0.902. The largest absolute Gasteiger partial charge is 0.491 e. The van der Waals surface area contributed by atoms with Crippen molar-refractivity contribution in [2.24, 2.45) is 0 Å². The van der Waals surface area contributed by atoms with Gasteiger partial charge in [-0.15, -0.1) is 0 Å². The summed E-state index contributed by atoms with van der Waals surface area (Å²) in [6.07, 6.45) is 1.68. The zero-order chi connectivity index (χ0) is 21.8. The summed E-state index contributed by atoms with van der Waals surface area (Å²) in [7, 11) is 0. The molecule has 0 saturated carbocycles. The fraction of sp³-hybridized carbons (Fsp3) is 0.391. The molecule has 2 saturated heterocycles. The van der Waals surface area contributed by atoms with Crippen LogP contribution in [0, 0.1) is 5.82 Å². The first kappa shape index (κ1) is 21.6. The van der Waals surface area contributed by atoms with Crippen molar-refractivity contribution in [1.82, 2.24) is 9.80 Å². The highest BCUT2D eigenvalue weighted by Crippen LogP contribution is 2.25. The highest BCUT2D eigenvalue weighted by atomic mass is 35.5. The quantitative estimate of drug-likeness (QED) is 0.703. The second kappa shape index (κ2) is 9.66. The van der Waals surface area contributed by atoms with E-state index in [2.05, 4.69) is 0 Å². The standard InChI is InChI=1S/C23H24ClFN2O4/c24-21-14-17(25)5-8-20(21)23(29)27-9-1-2-18(27)15-31-19-6-3-16(4-7-19)22(28)26-10-12-30-13-11-26/h3-8,14,18H,1-2,9-13,15H2/t18-/m1/s1. The molecule has 2 aliphatic rings. The van der Waals surface area contributed by atoms with Gasteiger partial charge in [-0.1, -0.05) is 11.6 Å². The zero-order valence-corrected chi connectivity index (χ0v) is 17.8. The Morgan fingerprint density at radius 1 is 1.06 bits per heavy atom. The van der Waals surface area contributed by atoms with Crippen molar-refractivity contribution in [3.8, 4) is 5.75 Å². The van der Waals surface area contributed by atoms with Crippen molar-refractivity contribution in [1.29, 1.82) is 0 Å². The number of hydrogen-bond donors (Lipinski definition) is 0. The third-order valence-electron chi connectivity index (χ3n) is 5.64. The predicted octanol–water partition coefficient (Wildman–Crippen LogP) is 3.64. The molecule has 31 heavy (non-hydrogen) atoms. The van der Waals surface area contributed by atoms with E-state index in [1.807, 2.05) is 0 Å². The molecule has 0 aliphatic carbocycles. The van der Waals surface area contributed by atoms with Gasteiger partial charge in [-0.05, 0) is 55.3 Å². The molecule has 0 radical (unpaired) electrons. The number of hydrogen-bond acceptors (Lipinski definition) is 4. The lowest BCUT2D eigenvalue weighted by Crippen LogP contribution is -2.40. The van der Waals surface area contributed by atoms with Crippen LogP contribution in [0.4, 0.5) is 4.39 Å². The van der Waals surface area contributed by atoms with Crippen LogP contribution >= 0.6 is 11.6 Å². The molecule has 6 nitrogen and oxygen atoms in total. The first-order valence-corrected chi connectivity index (χ1v) is 10.8. The molecule has 0 spiro atoms. The molecule has 0 aromatic heterocycles. The fourth-order valence-corrected chi connectivity index (χ4v) is 4.18. The summed E-state index contributed by atoms with van der Waals surface area (Å²) in [4.78, 5) is 28.9. The van der Waals surface area contributed by atoms with Crippen LogP contribution in [0.5, 0.6) is 5.75 Å². The molecule has 2 aromatic rings. The number of morpholine rings is 1. The number of nitrogens with zero attached hydrogens (tertiary/aromatic N) is 2. The van der Waals surface area contributed by atoms with E-state index in [9.17, 15) is 14.0 Å². The van der Waals surface area contributed by atoms with Crippen molar-refractivity contribution in [2.75, 3.05) is 39.5 Å². The van der Waals surface area contributed by atoms with Gasteiger partial charge < -0.3 is 19.3 Å². The summed E-state index contributed by atoms with van der Waals surface area (Å²) in [6, 6.07) is 10.8. The molecule has 4 rings (SSSR count). The highest BCUT2D eigenvalue weighted by Gasteiger charge is 2.31. The maximum atomic E-state index is 13.3. The Kier molecular flexibility index (Phi) is 6.73. The van der Waals surface area contributed by atoms with E-state index in [4.69, 9.17) is 21.1 Å². The van der Waals surface area contributed by atoms with E-state index in [-0.39, 0.29) is 22.9 Å². The summed E-state index contributed by atoms with van der Waals surface area (Å²) in [5.74, 6) is -0.0720. The Labute approximate surface area is 185 Å². The molecule has 0 N–H and O–H groups in total. The lowest BCUT2D eigenvalue weighted by molar-refractivity contribution is 0.0303. The van der Waals surface area contributed by atoms with Crippen LogP contribution in [-0.4, -0.2) is 67.1 Å². The Hall–Kier alpha value is -2.64. The van der Waals surface area contributed by atoms with Gasteiger partial charge in [0.25, 0.3) is 11.8 Å². The molecule has 0 unspecified atom stereocenters. The first-order chi connectivity index (χ1) is 15.0. The summed E-state index contributed by atoms with van der Waals surface area (Å²) < 4.78 is 24.5. The van der Waals surface area contributed by atoms with E-state index >= 15 is 0 Å². The molecule has 164 valence electrons. The van der Waals surface area contributed by atoms with Crippen molar-refractivity contribution in [3.05, 3.63) is 64.4 Å². The number of rotatable bonds is 5. The summed E-state index contributed by atoms with van der Waals surface area (Å²) in [6.45, 7) is 3.26. The molecular weight excluding hydrogens is 423 g/mol. The summed E-state index contributed by atoms with van der Waals surface area (Å²) >= 11 is 6.06. The van der Waals surface area contributed by atoms with Crippen molar-refractivity contribution >= 4 is 23.4 Å². The van der Waals surface area contributed by atoms with Crippen LogP contribution in [0.2, 0.25) is 5.02 Å². The minimum absolute atomic E-state index is 0.0152. The Morgan fingerprint density at radius 3 is 2.52 bits per heavy atom. The lowest BCUT2D eigenvalue weighted by atomic mass is 10.1. The average molecular weight is 447 g/mol. The normalized spacial score (nSPS) is 18.8. The smallest absolute Gasteiger partial charge is 0.255 e. The number of halogens is 2. The van der Waals surface area contributed by atoms with Crippen LogP contribution in [0.1, 0.15) is 33.6 Å². The minimum Gasteiger partial charge on any atom is -0.491 e. The van der Waals surface area contributed by atoms with Crippen LogP contribution < -0.4 is 4.74 Å². The Bertz CT molecular complexity index is 947.